The molecule has 1 atom stereocenters. The summed E-state index contributed by atoms with van der Waals surface area (Å²) in [4.78, 5) is 1.46. The average Bonchev–Trinajstić information content (AvgIpc) is 2.76. The van der Waals surface area contributed by atoms with Crippen LogP contribution >= 0.6 is 11.3 Å². The topological polar surface area (TPSA) is 46.2 Å². The zero-order valence-electron chi connectivity index (χ0n) is 11.9. The number of sulfone groups is 1. The number of aryl methyl sites for hydroxylation is 1. The third kappa shape index (κ3) is 3.38. The van der Waals surface area contributed by atoms with E-state index in [4.69, 9.17) is 0 Å². The minimum absolute atomic E-state index is 0.215. The Bertz CT molecular complexity index is 526. The van der Waals surface area contributed by atoms with E-state index in [1.807, 2.05) is 11.3 Å². The molecule has 0 amide bonds. The quantitative estimate of drug-likeness (QED) is 0.930. The van der Waals surface area contributed by atoms with Gasteiger partial charge in [-0.05, 0) is 57.0 Å². The van der Waals surface area contributed by atoms with Crippen LogP contribution in [0.1, 0.15) is 50.1 Å². The summed E-state index contributed by atoms with van der Waals surface area (Å²) >= 11 is 1.81. The van der Waals surface area contributed by atoms with Crippen molar-refractivity contribution in [3.63, 3.8) is 0 Å². The van der Waals surface area contributed by atoms with Crippen LogP contribution < -0.4 is 5.32 Å². The fraction of sp³-hybridized carbons (Fsp3) is 0.714. The van der Waals surface area contributed by atoms with E-state index >= 15 is 0 Å². The SMILES string of the molecule is CC(C)(C)S(=O)(=O)CCN[C@@H]1CCCc2sccc21. The predicted octanol–water partition coefficient (Wildman–Crippen LogP) is 2.93. The summed E-state index contributed by atoms with van der Waals surface area (Å²) in [5, 5.41) is 5.56. The highest BCUT2D eigenvalue weighted by atomic mass is 32.2. The van der Waals surface area contributed by atoms with Crippen LogP contribution in [-0.2, 0) is 16.3 Å². The lowest BCUT2D eigenvalue weighted by atomic mass is 9.94. The van der Waals surface area contributed by atoms with Crippen LogP contribution in [0.25, 0.3) is 0 Å². The van der Waals surface area contributed by atoms with Gasteiger partial charge >= 0.3 is 0 Å². The molecule has 1 aromatic rings. The van der Waals surface area contributed by atoms with Gasteiger partial charge in [0.05, 0.1) is 10.5 Å². The van der Waals surface area contributed by atoms with Crippen LogP contribution in [0.4, 0.5) is 0 Å². The second-order valence-corrected chi connectivity index (χ2v) is 9.99. The Morgan fingerprint density at radius 2 is 2.16 bits per heavy atom. The molecule has 3 nitrogen and oxygen atoms in total. The fourth-order valence-corrected chi connectivity index (χ4v) is 4.36. The smallest absolute Gasteiger partial charge is 0.156 e. The van der Waals surface area contributed by atoms with E-state index in [0.717, 1.165) is 6.42 Å². The van der Waals surface area contributed by atoms with Gasteiger partial charge in [0.2, 0.25) is 0 Å². The number of rotatable bonds is 4. The first-order chi connectivity index (χ1) is 8.81. The van der Waals surface area contributed by atoms with Crippen molar-refractivity contribution in [2.24, 2.45) is 0 Å². The van der Waals surface area contributed by atoms with Gasteiger partial charge in [0, 0.05) is 17.5 Å². The molecule has 0 fully saturated rings. The molecular weight excluding hydrogens is 278 g/mol. The Balaban J connectivity index is 1.92. The van der Waals surface area contributed by atoms with Gasteiger partial charge < -0.3 is 5.32 Å². The first-order valence-electron chi connectivity index (χ1n) is 6.83. The minimum atomic E-state index is -3.02. The zero-order valence-corrected chi connectivity index (χ0v) is 13.5. The van der Waals surface area contributed by atoms with Crippen molar-refractivity contribution < 1.29 is 8.42 Å². The molecule has 0 aromatic carbocycles. The first kappa shape index (κ1) is 15.0. The van der Waals surface area contributed by atoms with E-state index in [2.05, 4.69) is 16.8 Å². The lowest BCUT2D eigenvalue weighted by Crippen LogP contribution is -2.36. The molecule has 19 heavy (non-hydrogen) atoms. The number of thiophene rings is 1. The lowest BCUT2D eigenvalue weighted by molar-refractivity contribution is 0.473. The molecule has 5 heteroatoms. The molecule has 1 N–H and O–H groups in total. The molecular formula is C14H23NO2S2. The fourth-order valence-electron chi connectivity index (χ4n) is 2.37. The highest BCUT2D eigenvalue weighted by Gasteiger charge is 2.29. The Labute approximate surface area is 120 Å². The normalized spacial score (nSPS) is 20.3. The van der Waals surface area contributed by atoms with Crippen molar-refractivity contribution in [3.05, 3.63) is 21.9 Å². The molecule has 0 spiro atoms. The summed E-state index contributed by atoms with van der Waals surface area (Å²) in [6.07, 6.45) is 3.47. The Morgan fingerprint density at radius 3 is 2.84 bits per heavy atom. The Kier molecular flexibility index (Phi) is 4.38. The van der Waals surface area contributed by atoms with E-state index in [1.165, 1.54) is 23.3 Å². The van der Waals surface area contributed by atoms with Gasteiger partial charge in [0.15, 0.2) is 9.84 Å². The number of hydrogen-bond donors (Lipinski definition) is 1. The van der Waals surface area contributed by atoms with Gasteiger partial charge in [0.1, 0.15) is 0 Å². The largest absolute Gasteiger partial charge is 0.309 e. The molecule has 1 heterocycles. The molecule has 2 rings (SSSR count). The molecule has 0 saturated heterocycles. The van der Waals surface area contributed by atoms with Gasteiger partial charge in [0.25, 0.3) is 0 Å². The standard InChI is InChI=1S/C14H23NO2S2/c1-14(2,3)19(16,17)10-8-15-12-5-4-6-13-11(12)7-9-18-13/h7,9,12,15H,4-6,8,10H2,1-3H3/t12-/m1/s1. The Hall–Kier alpha value is -0.390. The molecule has 1 aromatic heterocycles. The van der Waals surface area contributed by atoms with Crippen LogP contribution in [0.2, 0.25) is 0 Å². The predicted molar refractivity (Wildman–Crippen MR) is 81.5 cm³/mol. The highest BCUT2D eigenvalue weighted by molar-refractivity contribution is 7.92. The molecule has 1 aliphatic rings. The second-order valence-electron chi connectivity index (χ2n) is 6.13. The van der Waals surface area contributed by atoms with E-state index in [0.29, 0.717) is 12.6 Å². The van der Waals surface area contributed by atoms with Crippen LogP contribution in [0, 0.1) is 0 Å². The summed E-state index contributed by atoms with van der Waals surface area (Å²) in [5.41, 5.74) is 1.38. The van der Waals surface area contributed by atoms with Crippen LogP contribution in [-0.4, -0.2) is 25.5 Å². The maximum absolute atomic E-state index is 12.1. The summed E-state index contributed by atoms with van der Waals surface area (Å²) in [6.45, 7) is 5.83. The first-order valence-corrected chi connectivity index (χ1v) is 9.36. The molecule has 0 aliphatic heterocycles. The molecule has 0 saturated carbocycles. The van der Waals surface area contributed by atoms with E-state index in [9.17, 15) is 8.42 Å². The van der Waals surface area contributed by atoms with Crippen molar-refractivity contribution in [3.8, 4) is 0 Å². The van der Waals surface area contributed by atoms with Crippen molar-refractivity contribution in [2.45, 2.75) is 50.8 Å². The Morgan fingerprint density at radius 1 is 1.42 bits per heavy atom. The van der Waals surface area contributed by atoms with E-state index in [-0.39, 0.29) is 5.75 Å². The summed E-state index contributed by atoms with van der Waals surface area (Å²) < 4.78 is 23.4. The number of fused-ring (bicyclic) bond motifs is 1. The van der Waals surface area contributed by atoms with Crippen LogP contribution in [0.15, 0.2) is 11.4 Å². The monoisotopic (exact) mass is 301 g/mol. The van der Waals surface area contributed by atoms with E-state index < -0.39 is 14.6 Å². The van der Waals surface area contributed by atoms with Crippen molar-refractivity contribution in [1.82, 2.24) is 5.32 Å². The van der Waals surface area contributed by atoms with Gasteiger partial charge in [-0.1, -0.05) is 0 Å². The van der Waals surface area contributed by atoms with Gasteiger partial charge in [-0.15, -0.1) is 11.3 Å². The van der Waals surface area contributed by atoms with E-state index in [1.54, 1.807) is 20.8 Å². The molecule has 0 unspecified atom stereocenters. The van der Waals surface area contributed by atoms with Crippen LogP contribution in [0.3, 0.4) is 0 Å². The van der Waals surface area contributed by atoms with Gasteiger partial charge in [-0.3, -0.25) is 0 Å². The van der Waals surface area contributed by atoms with Crippen LogP contribution in [0.5, 0.6) is 0 Å². The highest BCUT2D eigenvalue weighted by Crippen LogP contribution is 2.33. The molecule has 0 bridgehead atoms. The minimum Gasteiger partial charge on any atom is -0.309 e. The van der Waals surface area contributed by atoms with Crippen molar-refractivity contribution >= 4 is 21.2 Å². The lowest BCUT2D eigenvalue weighted by Gasteiger charge is -2.25. The maximum atomic E-state index is 12.1. The zero-order chi connectivity index (χ0) is 14.1. The molecule has 1 aliphatic carbocycles. The summed E-state index contributed by atoms with van der Waals surface area (Å²) in [6, 6.07) is 2.51. The number of nitrogens with one attached hydrogen (secondary N) is 1. The van der Waals surface area contributed by atoms with Gasteiger partial charge in [-0.25, -0.2) is 8.42 Å². The maximum Gasteiger partial charge on any atom is 0.156 e. The van der Waals surface area contributed by atoms with Crippen molar-refractivity contribution in [2.75, 3.05) is 12.3 Å². The summed E-state index contributed by atoms with van der Waals surface area (Å²) in [5.74, 6) is 0.215. The van der Waals surface area contributed by atoms with Gasteiger partial charge in [-0.2, -0.15) is 0 Å². The summed E-state index contributed by atoms with van der Waals surface area (Å²) in [7, 11) is -3.02. The second kappa shape index (κ2) is 5.54. The molecule has 0 radical (unpaired) electrons. The third-order valence-corrected chi connectivity index (χ3v) is 7.35. The van der Waals surface area contributed by atoms with Crippen molar-refractivity contribution in [1.29, 1.82) is 0 Å². The number of hydrogen-bond acceptors (Lipinski definition) is 4. The molecule has 108 valence electrons. The average molecular weight is 301 g/mol. The third-order valence-electron chi connectivity index (χ3n) is 3.75.